The molecule has 0 saturated carbocycles. The van der Waals surface area contributed by atoms with E-state index < -0.39 is 0 Å². The molecule has 0 aromatic carbocycles. The standard InChI is InChI=1S/C17H32N4O3/c1-2-18-16(19-12-15(23)21-8-4-3-5-9-21)20-13-17(6-10-22)7-11-24-14-17/h22H,2-14H2,1H3,(H2,18,19,20). The summed E-state index contributed by atoms with van der Waals surface area (Å²) in [5, 5.41) is 15.8. The number of piperidine rings is 1. The van der Waals surface area contributed by atoms with Crippen LogP contribution < -0.4 is 10.6 Å². The van der Waals surface area contributed by atoms with Crippen LogP contribution in [0.3, 0.4) is 0 Å². The molecule has 3 N–H and O–H groups in total. The highest BCUT2D eigenvalue weighted by Gasteiger charge is 2.34. The third-order valence-electron chi connectivity index (χ3n) is 4.88. The molecule has 2 aliphatic heterocycles. The fourth-order valence-corrected chi connectivity index (χ4v) is 3.31. The van der Waals surface area contributed by atoms with Crippen LogP contribution in [0.15, 0.2) is 4.99 Å². The van der Waals surface area contributed by atoms with Crippen LogP contribution >= 0.6 is 0 Å². The lowest BCUT2D eigenvalue weighted by Gasteiger charge is -2.28. The molecule has 2 aliphatic rings. The van der Waals surface area contributed by atoms with E-state index in [0.29, 0.717) is 25.5 Å². The zero-order valence-electron chi connectivity index (χ0n) is 14.9. The van der Waals surface area contributed by atoms with E-state index in [1.165, 1.54) is 6.42 Å². The molecule has 0 aliphatic carbocycles. The third-order valence-corrected chi connectivity index (χ3v) is 4.88. The van der Waals surface area contributed by atoms with Gasteiger partial charge in [-0.05, 0) is 39.0 Å². The van der Waals surface area contributed by atoms with Crippen LogP contribution in [0.1, 0.15) is 39.0 Å². The summed E-state index contributed by atoms with van der Waals surface area (Å²) in [6, 6.07) is 0. The smallest absolute Gasteiger partial charge is 0.244 e. The SMILES string of the molecule is CCNC(=NCC(=O)N1CCCCC1)NCC1(CCO)CCOC1. The largest absolute Gasteiger partial charge is 0.396 e. The van der Waals surface area contributed by atoms with Crippen molar-refractivity contribution < 1.29 is 14.6 Å². The first-order valence-electron chi connectivity index (χ1n) is 9.18. The molecule has 1 atom stereocenters. The number of hydrogen-bond acceptors (Lipinski definition) is 4. The molecule has 7 nitrogen and oxygen atoms in total. The molecule has 0 aromatic rings. The van der Waals surface area contributed by atoms with E-state index in [9.17, 15) is 9.90 Å². The maximum Gasteiger partial charge on any atom is 0.244 e. The normalized spacial score (nSPS) is 24.9. The molecule has 7 heteroatoms. The lowest BCUT2D eigenvalue weighted by Crippen LogP contribution is -2.45. The second kappa shape index (κ2) is 9.84. The minimum absolute atomic E-state index is 0.0399. The summed E-state index contributed by atoms with van der Waals surface area (Å²) in [6.45, 7) is 6.89. The first kappa shape index (κ1) is 19.0. The highest BCUT2D eigenvalue weighted by Crippen LogP contribution is 2.31. The third kappa shape index (κ3) is 5.63. The molecule has 0 spiro atoms. The Morgan fingerprint density at radius 2 is 2.08 bits per heavy atom. The molecule has 2 fully saturated rings. The van der Waals surface area contributed by atoms with Crippen LogP contribution in [0.2, 0.25) is 0 Å². The van der Waals surface area contributed by atoms with Crippen molar-refractivity contribution in [3.63, 3.8) is 0 Å². The van der Waals surface area contributed by atoms with Crippen molar-refractivity contribution in [1.82, 2.24) is 15.5 Å². The first-order chi connectivity index (χ1) is 11.7. The number of ether oxygens (including phenoxy) is 1. The average molecular weight is 340 g/mol. The summed E-state index contributed by atoms with van der Waals surface area (Å²) < 4.78 is 5.51. The van der Waals surface area contributed by atoms with Crippen LogP contribution in [0.4, 0.5) is 0 Å². The van der Waals surface area contributed by atoms with Crippen molar-refractivity contribution in [2.24, 2.45) is 10.4 Å². The molecule has 138 valence electrons. The van der Waals surface area contributed by atoms with Gasteiger partial charge in [-0.15, -0.1) is 0 Å². The van der Waals surface area contributed by atoms with Gasteiger partial charge in [-0.25, -0.2) is 4.99 Å². The number of likely N-dealkylation sites (tertiary alicyclic amines) is 1. The predicted molar refractivity (Wildman–Crippen MR) is 94.0 cm³/mol. The number of aliphatic imine (C=N–C) groups is 1. The molecule has 2 rings (SSSR count). The van der Waals surface area contributed by atoms with E-state index >= 15 is 0 Å². The van der Waals surface area contributed by atoms with Gasteiger partial charge in [0.05, 0.1) is 6.61 Å². The van der Waals surface area contributed by atoms with Gasteiger partial charge in [-0.2, -0.15) is 0 Å². The van der Waals surface area contributed by atoms with Gasteiger partial charge in [0.25, 0.3) is 0 Å². The molecule has 0 aromatic heterocycles. The van der Waals surface area contributed by atoms with Crippen LogP contribution in [-0.4, -0.2) is 74.4 Å². The van der Waals surface area contributed by atoms with E-state index in [-0.39, 0.29) is 24.5 Å². The fourth-order valence-electron chi connectivity index (χ4n) is 3.31. The highest BCUT2D eigenvalue weighted by molar-refractivity contribution is 5.85. The zero-order chi connectivity index (χ0) is 17.3. The Bertz CT molecular complexity index is 416. The van der Waals surface area contributed by atoms with E-state index in [1.807, 2.05) is 11.8 Å². The number of guanidine groups is 1. The van der Waals surface area contributed by atoms with E-state index in [4.69, 9.17) is 4.74 Å². The Kier molecular flexibility index (Phi) is 7.78. The number of nitrogens with one attached hydrogen (secondary N) is 2. The van der Waals surface area contributed by atoms with Crippen LogP contribution in [0, 0.1) is 5.41 Å². The highest BCUT2D eigenvalue weighted by atomic mass is 16.5. The summed E-state index contributed by atoms with van der Waals surface area (Å²) >= 11 is 0. The summed E-state index contributed by atoms with van der Waals surface area (Å²) in [5.41, 5.74) is -0.0399. The van der Waals surface area contributed by atoms with Gasteiger partial charge >= 0.3 is 0 Å². The Labute approximate surface area is 144 Å². The fraction of sp³-hybridized carbons (Fsp3) is 0.882. The van der Waals surface area contributed by atoms with Crippen molar-refractivity contribution in [2.45, 2.75) is 39.0 Å². The summed E-state index contributed by atoms with van der Waals surface area (Å²) in [6.07, 6.45) is 5.06. The number of aliphatic hydroxyl groups is 1. The van der Waals surface area contributed by atoms with Crippen molar-refractivity contribution in [1.29, 1.82) is 0 Å². The second-order valence-electron chi connectivity index (χ2n) is 6.77. The molecule has 1 unspecified atom stereocenters. The molecule has 2 heterocycles. The van der Waals surface area contributed by atoms with Crippen LogP contribution in [0.5, 0.6) is 0 Å². The van der Waals surface area contributed by atoms with Crippen molar-refractivity contribution in [3.05, 3.63) is 0 Å². The Balaban J connectivity index is 1.86. The molecular formula is C17H32N4O3. The average Bonchev–Trinajstić information content (AvgIpc) is 3.07. The number of hydrogen-bond donors (Lipinski definition) is 3. The molecule has 2 saturated heterocycles. The zero-order valence-corrected chi connectivity index (χ0v) is 14.9. The maximum atomic E-state index is 12.2. The maximum absolute atomic E-state index is 12.2. The van der Waals surface area contributed by atoms with E-state index in [2.05, 4.69) is 15.6 Å². The molecular weight excluding hydrogens is 308 g/mol. The number of carbonyl (C=O) groups is 1. The summed E-state index contributed by atoms with van der Waals surface area (Å²) in [5.74, 6) is 0.758. The lowest BCUT2D eigenvalue weighted by atomic mass is 9.84. The number of amides is 1. The topological polar surface area (TPSA) is 86.2 Å². The molecule has 0 radical (unpaired) electrons. The summed E-state index contributed by atoms with van der Waals surface area (Å²) in [4.78, 5) is 18.6. The minimum Gasteiger partial charge on any atom is -0.396 e. The van der Waals surface area contributed by atoms with Gasteiger partial charge in [0, 0.05) is 44.8 Å². The number of aliphatic hydroxyl groups excluding tert-OH is 1. The van der Waals surface area contributed by atoms with Gasteiger partial charge < -0.3 is 25.4 Å². The first-order valence-corrected chi connectivity index (χ1v) is 9.18. The van der Waals surface area contributed by atoms with Crippen molar-refractivity contribution in [3.8, 4) is 0 Å². The lowest BCUT2D eigenvalue weighted by molar-refractivity contribution is -0.130. The Hall–Kier alpha value is -1.34. The van der Waals surface area contributed by atoms with Crippen LogP contribution in [0.25, 0.3) is 0 Å². The monoisotopic (exact) mass is 340 g/mol. The van der Waals surface area contributed by atoms with Gasteiger partial charge in [-0.3, -0.25) is 4.79 Å². The van der Waals surface area contributed by atoms with Gasteiger partial charge in [0.15, 0.2) is 5.96 Å². The van der Waals surface area contributed by atoms with E-state index in [0.717, 1.165) is 45.5 Å². The minimum atomic E-state index is -0.0399. The van der Waals surface area contributed by atoms with Crippen molar-refractivity contribution in [2.75, 3.05) is 52.5 Å². The van der Waals surface area contributed by atoms with E-state index in [1.54, 1.807) is 0 Å². The number of nitrogens with zero attached hydrogens (tertiary/aromatic N) is 2. The van der Waals surface area contributed by atoms with Crippen LogP contribution in [-0.2, 0) is 9.53 Å². The van der Waals surface area contributed by atoms with Gasteiger partial charge in [-0.1, -0.05) is 0 Å². The second-order valence-corrected chi connectivity index (χ2v) is 6.77. The molecule has 1 amide bonds. The predicted octanol–water partition coefficient (Wildman–Crippen LogP) is 0.343. The number of carbonyl (C=O) groups excluding carboxylic acids is 1. The Morgan fingerprint density at radius 3 is 2.71 bits per heavy atom. The quantitative estimate of drug-likeness (QED) is 0.460. The number of rotatable bonds is 7. The Morgan fingerprint density at radius 1 is 1.29 bits per heavy atom. The van der Waals surface area contributed by atoms with Crippen molar-refractivity contribution >= 4 is 11.9 Å². The van der Waals surface area contributed by atoms with Gasteiger partial charge in [0.1, 0.15) is 6.54 Å². The van der Waals surface area contributed by atoms with Gasteiger partial charge in [0.2, 0.25) is 5.91 Å². The molecule has 24 heavy (non-hydrogen) atoms. The summed E-state index contributed by atoms with van der Waals surface area (Å²) in [7, 11) is 0. The molecule has 0 bridgehead atoms.